The van der Waals surface area contributed by atoms with E-state index in [1.165, 1.54) is 17.7 Å². The average molecular weight is 267 g/mol. The molecule has 3 heteroatoms. The third-order valence-electron chi connectivity index (χ3n) is 3.73. The minimum Gasteiger partial charge on any atom is -0.367 e. The first kappa shape index (κ1) is 13.7. The van der Waals surface area contributed by atoms with Crippen molar-refractivity contribution in [3.05, 3.63) is 28.8 Å². The Hall–Kier alpha value is -0.730. The van der Waals surface area contributed by atoms with Crippen molar-refractivity contribution in [1.29, 1.82) is 0 Å². The van der Waals surface area contributed by atoms with E-state index >= 15 is 0 Å². The molecule has 2 nitrogen and oxygen atoms in total. The summed E-state index contributed by atoms with van der Waals surface area (Å²) in [6.45, 7) is 11.1. The Morgan fingerprint density at radius 3 is 2.78 bits per heavy atom. The van der Waals surface area contributed by atoms with E-state index in [4.69, 9.17) is 11.6 Å². The maximum absolute atomic E-state index is 6.05. The molecule has 0 aliphatic carbocycles. The minimum absolute atomic E-state index is 0.150. The standard InChI is InChI=1S/C15H23ClN2/c1-11-9-13(16)5-6-14(11)18-10-15(3,4)17-8-7-12(18)2/h5-6,9,12,17H,7-8,10H2,1-4H3. The average Bonchev–Trinajstić information content (AvgIpc) is 2.38. The molecule has 1 aliphatic heterocycles. The molecular formula is C15H23ClN2. The molecule has 1 aliphatic rings. The van der Waals surface area contributed by atoms with E-state index in [1.807, 2.05) is 6.07 Å². The Balaban J connectivity index is 2.33. The van der Waals surface area contributed by atoms with E-state index in [0.717, 1.165) is 18.1 Å². The summed E-state index contributed by atoms with van der Waals surface area (Å²) in [5.41, 5.74) is 2.72. The lowest BCUT2D eigenvalue weighted by Gasteiger charge is -2.35. The van der Waals surface area contributed by atoms with Gasteiger partial charge in [0.1, 0.15) is 0 Å². The lowest BCUT2D eigenvalue weighted by Crippen LogP contribution is -2.47. The monoisotopic (exact) mass is 266 g/mol. The van der Waals surface area contributed by atoms with Crippen LogP contribution in [0.1, 0.15) is 32.8 Å². The summed E-state index contributed by atoms with van der Waals surface area (Å²) >= 11 is 6.05. The molecule has 2 rings (SSSR count). The number of benzene rings is 1. The third kappa shape index (κ3) is 2.99. The Kier molecular flexibility index (Phi) is 3.88. The normalized spacial score (nSPS) is 23.8. The smallest absolute Gasteiger partial charge is 0.0410 e. The summed E-state index contributed by atoms with van der Waals surface area (Å²) in [5.74, 6) is 0. The highest BCUT2D eigenvalue weighted by Crippen LogP contribution is 2.28. The predicted octanol–water partition coefficient (Wildman–Crippen LogP) is 3.62. The second-order valence-electron chi connectivity index (χ2n) is 6.01. The zero-order valence-corrected chi connectivity index (χ0v) is 12.5. The fourth-order valence-corrected chi connectivity index (χ4v) is 2.90. The van der Waals surface area contributed by atoms with Gasteiger partial charge in [0.15, 0.2) is 0 Å². The van der Waals surface area contributed by atoms with Gasteiger partial charge < -0.3 is 10.2 Å². The van der Waals surface area contributed by atoms with E-state index < -0.39 is 0 Å². The van der Waals surface area contributed by atoms with Gasteiger partial charge in [-0.05, 0) is 64.4 Å². The molecule has 0 amide bonds. The zero-order valence-electron chi connectivity index (χ0n) is 11.8. The van der Waals surface area contributed by atoms with Crippen molar-refractivity contribution in [2.45, 2.75) is 45.7 Å². The summed E-state index contributed by atoms with van der Waals surface area (Å²) in [7, 11) is 0. The molecule has 1 saturated heterocycles. The summed E-state index contributed by atoms with van der Waals surface area (Å²) < 4.78 is 0. The Morgan fingerprint density at radius 2 is 2.11 bits per heavy atom. The van der Waals surface area contributed by atoms with Crippen LogP contribution in [0.5, 0.6) is 0 Å². The first-order valence-electron chi connectivity index (χ1n) is 6.67. The van der Waals surface area contributed by atoms with Crippen LogP contribution >= 0.6 is 11.6 Å². The summed E-state index contributed by atoms with van der Waals surface area (Å²) in [6.07, 6.45) is 1.17. The van der Waals surface area contributed by atoms with Gasteiger partial charge in [0.25, 0.3) is 0 Å². The van der Waals surface area contributed by atoms with Gasteiger partial charge in [-0.1, -0.05) is 11.6 Å². The van der Waals surface area contributed by atoms with Crippen molar-refractivity contribution in [3.8, 4) is 0 Å². The molecule has 0 saturated carbocycles. The molecule has 1 heterocycles. The number of rotatable bonds is 1. The SMILES string of the molecule is Cc1cc(Cl)ccc1N1CC(C)(C)NCCC1C. The number of nitrogens with one attached hydrogen (secondary N) is 1. The molecule has 1 fully saturated rings. The molecule has 18 heavy (non-hydrogen) atoms. The van der Waals surface area contributed by atoms with Crippen molar-refractivity contribution in [2.24, 2.45) is 0 Å². The topological polar surface area (TPSA) is 15.3 Å². The molecular weight excluding hydrogens is 244 g/mol. The zero-order chi connectivity index (χ0) is 13.3. The van der Waals surface area contributed by atoms with Crippen LogP contribution in [0.3, 0.4) is 0 Å². The van der Waals surface area contributed by atoms with Crippen LogP contribution in [0.2, 0.25) is 5.02 Å². The van der Waals surface area contributed by atoms with Gasteiger partial charge in [-0.25, -0.2) is 0 Å². The number of hydrogen-bond donors (Lipinski definition) is 1. The molecule has 1 N–H and O–H groups in total. The van der Waals surface area contributed by atoms with Crippen LogP contribution in [0, 0.1) is 6.92 Å². The largest absolute Gasteiger partial charge is 0.367 e. The molecule has 1 unspecified atom stereocenters. The Morgan fingerprint density at radius 1 is 1.39 bits per heavy atom. The highest BCUT2D eigenvalue weighted by molar-refractivity contribution is 6.30. The van der Waals surface area contributed by atoms with Crippen LogP contribution in [0.15, 0.2) is 18.2 Å². The van der Waals surface area contributed by atoms with Gasteiger partial charge in [-0.2, -0.15) is 0 Å². The van der Waals surface area contributed by atoms with Crippen LogP contribution < -0.4 is 10.2 Å². The van der Waals surface area contributed by atoms with Gasteiger partial charge in [0.05, 0.1) is 0 Å². The second kappa shape index (κ2) is 5.10. The number of halogens is 1. The van der Waals surface area contributed by atoms with E-state index in [0.29, 0.717) is 6.04 Å². The molecule has 100 valence electrons. The number of nitrogens with zero attached hydrogens (tertiary/aromatic N) is 1. The first-order chi connectivity index (χ1) is 8.39. The van der Waals surface area contributed by atoms with Crippen molar-refractivity contribution in [3.63, 3.8) is 0 Å². The summed E-state index contributed by atoms with van der Waals surface area (Å²) in [5, 5.41) is 4.43. The fourth-order valence-electron chi connectivity index (χ4n) is 2.68. The lowest BCUT2D eigenvalue weighted by atomic mass is 10.0. The maximum atomic E-state index is 6.05. The van der Waals surface area contributed by atoms with Crippen LogP contribution in [-0.2, 0) is 0 Å². The highest BCUT2D eigenvalue weighted by atomic mass is 35.5. The van der Waals surface area contributed by atoms with E-state index in [1.54, 1.807) is 0 Å². The maximum Gasteiger partial charge on any atom is 0.0410 e. The number of hydrogen-bond acceptors (Lipinski definition) is 2. The van der Waals surface area contributed by atoms with E-state index in [9.17, 15) is 0 Å². The molecule has 0 spiro atoms. The van der Waals surface area contributed by atoms with Gasteiger partial charge in [-0.3, -0.25) is 0 Å². The molecule has 1 aromatic carbocycles. The highest BCUT2D eigenvalue weighted by Gasteiger charge is 2.28. The number of anilines is 1. The minimum atomic E-state index is 0.150. The molecule has 0 bridgehead atoms. The van der Waals surface area contributed by atoms with E-state index in [-0.39, 0.29) is 5.54 Å². The quantitative estimate of drug-likeness (QED) is 0.835. The summed E-state index contributed by atoms with van der Waals surface area (Å²) in [4.78, 5) is 2.51. The lowest BCUT2D eigenvalue weighted by molar-refractivity contribution is 0.415. The van der Waals surface area contributed by atoms with Gasteiger partial charge in [0.2, 0.25) is 0 Å². The summed E-state index contributed by atoms with van der Waals surface area (Å²) in [6, 6.07) is 6.74. The van der Waals surface area contributed by atoms with Crippen LogP contribution in [0.25, 0.3) is 0 Å². The van der Waals surface area contributed by atoms with Crippen molar-refractivity contribution in [2.75, 3.05) is 18.0 Å². The Labute approximate surface area is 115 Å². The van der Waals surface area contributed by atoms with Crippen molar-refractivity contribution >= 4 is 17.3 Å². The molecule has 0 radical (unpaired) electrons. The van der Waals surface area contributed by atoms with Gasteiger partial charge in [0, 0.05) is 28.8 Å². The fraction of sp³-hybridized carbons (Fsp3) is 0.600. The first-order valence-corrected chi connectivity index (χ1v) is 7.05. The van der Waals surface area contributed by atoms with Crippen LogP contribution in [0.4, 0.5) is 5.69 Å². The van der Waals surface area contributed by atoms with Crippen molar-refractivity contribution < 1.29 is 0 Å². The van der Waals surface area contributed by atoms with Gasteiger partial charge in [-0.15, -0.1) is 0 Å². The predicted molar refractivity (Wildman–Crippen MR) is 79.7 cm³/mol. The van der Waals surface area contributed by atoms with Crippen molar-refractivity contribution in [1.82, 2.24) is 5.32 Å². The molecule has 1 aromatic rings. The second-order valence-corrected chi connectivity index (χ2v) is 6.44. The molecule has 0 aromatic heterocycles. The third-order valence-corrected chi connectivity index (χ3v) is 3.97. The molecule has 1 atom stereocenters. The Bertz CT molecular complexity index is 429. The van der Waals surface area contributed by atoms with E-state index in [2.05, 4.69) is 50.0 Å². The van der Waals surface area contributed by atoms with Crippen LogP contribution in [-0.4, -0.2) is 24.7 Å². The number of aryl methyl sites for hydroxylation is 1. The van der Waals surface area contributed by atoms with Gasteiger partial charge >= 0.3 is 0 Å².